The standard InChI is InChI=1S/C24H19F3N2O3S/c1-32-20-12-10-19(11-13-20)29-21(30)14-33-23(29)16-4-8-18(9-5-16)28-22(31)15-2-6-17(7-3-15)24(25,26)27/h2-13,23H,14H2,1H3,(H,28,31)/t23-/m0/s1. The number of amides is 2. The Kier molecular flexibility index (Phi) is 6.33. The van der Waals surface area contributed by atoms with E-state index < -0.39 is 17.6 Å². The maximum atomic E-state index is 12.7. The molecule has 9 heteroatoms. The molecule has 1 N–H and O–H groups in total. The lowest BCUT2D eigenvalue weighted by atomic mass is 10.1. The second-order valence-corrected chi connectivity index (χ2v) is 8.34. The van der Waals surface area contributed by atoms with Crippen LogP contribution in [0.3, 0.4) is 0 Å². The highest BCUT2D eigenvalue weighted by Crippen LogP contribution is 2.42. The fourth-order valence-electron chi connectivity index (χ4n) is 3.44. The highest BCUT2D eigenvalue weighted by molar-refractivity contribution is 8.00. The highest BCUT2D eigenvalue weighted by Gasteiger charge is 2.34. The summed E-state index contributed by atoms with van der Waals surface area (Å²) in [6.45, 7) is 0. The fourth-order valence-corrected chi connectivity index (χ4v) is 4.61. The van der Waals surface area contributed by atoms with E-state index in [9.17, 15) is 22.8 Å². The fraction of sp³-hybridized carbons (Fsp3) is 0.167. The summed E-state index contributed by atoms with van der Waals surface area (Å²) in [5.74, 6) is 0.530. The zero-order valence-corrected chi connectivity index (χ0v) is 18.2. The average Bonchev–Trinajstić information content (AvgIpc) is 3.20. The zero-order valence-electron chi connectivity index (χ0n) is 17.4. The van der Waals surface area contributed by atoms with Crippen LogP contribution in [0.4, 0.5) is 24.5 Å². The van der Waals surface area contributed by atoms with Gasteiger partial charge in [-0.3, -0.25) is 14.5 Å². The van der Waals surface area contributed by atoms with Crippen LogP contribution in [0.15, 0.2) is 72.8 Å². The van der Waals surface area contributed by atoms with Gasteiger partial charge in [-0.1, -0.05) is 12.1 Å². The molecular weight excluding hydrogens is 453 g/mol. The second kappa shape index (κ2) is 9.19. The van der Waals surface area contributed by atoms with Crippen LogP contribution in [0.1, 0.15) is 26.9 Å². The van der Waals surface area contributed by atoms with Crippen LogP contribution in [-0.4, -0.2) is 24.7 Å². The van der Waals surface area contributed by atoms with Crippen LogP contribution in [-0.2, 0) is 11.0 Å². The van der Waals surface area contributed by atoms with Crippen molar-refractivity contribution in [3.8, 4) is 5.75 Å². The molecular formula is C24H19F3N2O3S. The molecule has 0 bridgehead atoms. The maximum Gasteiger partial charge on any atom is 0.416 e. The lowest BCUT2D eigenvalue weighted by molar-refractivity contribution is -0.137. The van der Waals surface area contributed by atoms with Gasteiger partial charge in [0.25, 0.3) is 5.91 Å². The summed E-state index contributed by atoms with van der Waals surface area (Å²) < 4.78 is 43.3. The number of nitrogens with zero attached hydrogens (tertiary/aromatic N) is 1. The molecule has 0 spiro atoms. The minimum Gasteiger partial charge on any atom is -0.497 e. The molecule has 0 unspecified atom stereocenters. The van der Waals surface area contributed by atoms with Crippen molar-refractivity contribution in [2.45, 2.75) is 11.6 Å². The Hall–Kier alpha value is -3.46. The van der Waals surface area contributed by atoms with E-state index in [4.69, 9.17) is 4.74 Å². The Morgan fingerprint density at radius 2 is 1.64 bits per heavy atom. The van der Waals surface area contributed by atoms with Crippen LogP contribution in [0.5, 0.6) is 5.75 Å². The van der Waals surface area contributed by atoms with E-state index in [-0.39, 0.29) is 16.8 Å². The number of anilines is 2. The van der Waals surface area contributed by atoms with E-state index in [0.717, 1.165) is 35.5 Å². The third-order valence-electron chi connectivity index (χ3n) is 5.15. The quantitative estimate of drug-likeness (QED) is 0.514. The van der Waals surface area contributed by atoms with Crippen molar-refractivity contribution in [2.24, 2.45) is 0 Å². The number of carbonyl (C=O) groups is 2. The number of nitrogens with one attached hydrogen (secondary N) is 1. The summed E-state index contributed by atoms with van der Waals surface area (Å²) in [6, 6.07) is 18.3. The van der Waals surface area contributed by atoms with Crippen molar-refractivity contribution in [1.82, 2.24) is 0 Å². The first-order valence-corrected chi connectivity index (χ1v) is 11.0. The number of alkyl halides is 3. The Morgan fingerprint density at radius 3 is 2.21 bits per heavy atom. The Bertz CT molecular complexity index is 1150. The number of benzene rings is 3. The third-order valence-corrected chi connectivity index (χ3v) is 6.36. The number of ether oxygens (including phenoxy) is 1. The molecule has 0 saturated carbocycles. The van der Waals surface area contributed by atoms with Gasteiger partial charge in [-0.05, 0) is 66.2 Å². The Balaban J connectivity index is 1.47. The molecule has 1 saturated heterocycles. The molecule has 1 aliphatic heterocycles. The van der Waals surface area contributed by atoms with Gasteiger partial charge in [0.1, 0.15) is 11.1 Å². The van der Waals surface area contributed by atoms with E-state index in [1.165, 1.54) is 11.8 Å². The van der Waals surface area contributed by atoms with E-state index in [1.54, 1.807) is 36.3 Å². The minimum absolute atomic E-state index is 0.00477. The monoisotopic (exact) mass is 472 g/mol. The first-order valence-electron chi connectivity index (χ1n) is 9.92. The number of halogens is 3. The summed E-state index contributed by atoms with van der Waals surface area (Å²) >= 11 is 1.50. The van der Waals surface area contributed by atoms with Crippen LogP contribution in [0.2, 0.25) is 0 Å². The minimum atomic E-state index is -4.45. The third kappa shape index (κ3) is 4.98. The summed E-state index contributed by atoms with van der Waals surface area (Å²) in [5.41, 5.74) is 1.45. The van der Waals surface area contributed by atoms with Crippen molar-refractivity contribution in [3.05, 3.63) is 89.5 Å². The van der Waals surface area contributed by atoms with Crippen molar-refractivity contribution < 1.29 is 27.5 Å². The van der Waals surface area contributed by atoms with Gasteiger partial charge >= 0.3 is 6.18 Å². The topological polar surface area (TPSA) is 58.6 Å². The normalized spacial score (nSPS) is 16.1. The van der Waals surface area contributed by atoms with Gasteiger partial charge in [-0.2, -0.15) is 13.2 Å². The van der Waals surface area contributed by atoms with Crippen LogP contribution >= 0.6 is 11.8 Å². The Labute approximate surface area is 192 Å². The summed E-state index contributed by atoms with van der Waals surface area (Å²) in [7, 11) is 1.58. The molecule has 2 amide bonds. The van der Waals surface area contributed by atoms with E-state index in [1.807, 2.05) is 24.3 Å². The van der Waals surface area contributed by atoms with Gasteiger partial charge in [-0.15, -0.1) is 11.8 Å². The molecule has 33 heavy (non-hydrogen) atoms. The molecule has 4 rings (SSSR count). The first-order chi connectivity index (χ1) is 15.8. The van der Waals surface area contributed by atoms with Gasteiger partial charge in [-0.25, -0.2) is 0 Å². The van der Waals surface area contributed by atoms with Gasteiger partial charge in [0.15, 0.2) is 0 Å². The molecule has 1 aliphatic rings. The predicted octanol–water partition coefficient (Wildman–Crippen LogP) is 5.74. The van der Waals surface area contributed by atoms with Crippen molar-refractivity contribution in [1.29, 1.82) is 0 Å². The zero-order chi connectivity index (χ0) is 23.6. The lowest BCUT2D eigenvalue weighted by Gasteiger charge is -2.24. The second-order valence-electron chi connectivity index (χ2n) is 7.28. The molecule has 170 valence electrons. The summed E-state index contributed by atoms with van der Waals surface area (Å²) in [6.07, 6.45) is -4.45. The molecule has 0 aliphatic carbocycles. The average molecular weight is 472 g/mol. The maximum absolute atomic E-state index is 12.7. The number of thioether (sulfide) groups is 1. The van der Waals surface area contributed by atoms with Gasteiger partial charge in [0.2, 0.25) is 5.91 Å². The van der Waals surface area contributed by atoms with Crippen LogP contribution in [0, 0.1) is 0 Å². The molecule has 1 atom stereocenters. The number of hydrogen-bond acceptors (Lipinski definition) is 4. The number of hydrogen-bond donors (Lipinski definition) is 1. The van der Waals surface area contributed by atoms with E-state index in [2.05, 4.69) is 5.32 Å². The molecule has 3 aromatic rings. The van der Waals surface area contributed by atoms with Gasteiger partial charge in [0.05, 0.1) is 18.4 Å². The van der Waals surface area contributed by atoms with Crippen molar-refractivity contribution >= 4 is 35.0 Å². The van der Waals surface area contributed by atoms with E-state index in [0.29, 0.717) is 17.2 Å². The van der Waals surface area contributed by atoms with Crippen LogP contribution in [0.25, 0.3) is 0 Å². The number of methoxy groups -OCH3 is 1. The predicted molar refractivity (Wildman–Crippen MR) is 122 cm³/mol. The number of rotatable bonds is 5. The smallest absolute Gasteiger partial charge is 0.416 e. The summed E-state index contributed by atoms with van der Waals surface area (Å²) in [5, 5.41) is 2.46. The molecule has 1 heterocycles. The molecule has 0 radical (unpaired) electrons. The van der Waals surface area contributed by atoms with E-state index >= 15 is 0 Å². The number of carbonyl (C=O) groups excluding carboxylic acids is 2. The molecule has 5 nitrogen and oxygen atoms in total. The highest BCUT2D eigenvalue weighted by atomic mass is 32.2. The van der Waals surface area contributed by atoms with Gasteiger partial charge in [0, 0.05) is 16.9 Å². The van der Waals surface area contributed by atoms with Crippen molar-refractivity contribution in [2.75, 3.05) is 23.1 Å². The largest absolute Gasteiger partial charge is 0.497 e. The van der Waals surface area contributed by atoms with Crippen LogP contribution < -0.4 is 15.0 Å². The summed E-state index contributed by atoms with van der Waals surface area (Å²) in [4.78, 5) is 26.6. The first kappa shape index (κ1) is 22.7. The molecule has 0 aromatic heterocycles. The molecule has 1 fully saturated rings. The molecule has 3 aromatic carbocycles. The lowest BCUT2D eigenvalue weighted by Crippen LogP contribution is -2.27. The Morgan fingerprint density at radius 1 is 1.00 bits per heavy atom. The van der Waals surface area contributed by atoms with Gasteiger partial charge < -0.3 is 10.1 Å². The van der Waals surface area contributed by atoms with Crippen molar-refractivity contribution in [3.63, 3.8) is 0 Å². The SMILES string of the molecule is COc1ccc(N2C(=O)CS[C@H]2c2ccc(NC(=O)c3ccc(C(F)(F)F)cc3)cc2)cc1.